The van der Waals surface area contributed by atoms with Gasteiger partial charge < -0.3 is 10.8 Å². The number of aliphatic hydroxyl groups is 1. The van der Waals surface area contributed by atoms with Gasteiger partial charge in [-0.15, -0.1) is 0 Å². The van der Waals surface area contributed by atoms with E-state index in [-0.39, 0.29) is 17.6 Å². The topological polar surface area (TPSA) is 46.2 Å². The van der Waals surface area contributed by atoms with Crippen LogP contribution in [0.5, 0.6) is 0 Å². The van der Waals surface area contributed by atoms with Crippen LogP contribution in [-0.2, 0) is 0 Å². The number of aliphatic hydroxyl groups excluding tert-OH is 1. The van der Waals surface area contributed by atoms with E-state index in [9.17, 15) is 5.11 Å². The second-order valence-corrected chi connectivity index (χ2v) is 6.43. The van der Waals surface area contributed by atoms with Crippen molar-refractivity contribution in [2.75, 3.05) is 0 Å². The molecule has 0 spiro atoms. The molecule has 3 N–H and O–H groups in total. The van der Waals surface area contributed by atoms with Crippen LogP contribution in [0.2, 0.25) is 0 Å². The Labute approximate surface area is 114 Å². The molecular weight excluding hydrogens is 222 g/mol. The summed E-state index contributed by atoms with van der Waals surface area (Å²) in [6.45, 7) is 8.17. The molecule has 0 fully saturated rings. The molecule has 0 aromatic heterocycles. The molecule has 0 aromatic rings. The van der Waals surface area contributed by atoms with Crippen molar-refractivity contribution in [3.8, 4) is 0 Å². The molecule has 0 aromatic carbocycles. The highest BCUT2D eigenvalue weighted by Crippen LogP contribution is 2.24. The van der Waals surface area contributed by atoms with Gasteiger partial charge in [0.1, 0.15) is 0 Å². The van der Waals surface area contributed by atoms with E-state index in [1.54, 1.807) is 0 Å². The van der Waals surface area contributed by atoms with Gasteiger partial charge in [-0.05, 0) is 27.2 Å². The Morgan fingerprint density at radius 3 is 1.78 bits per heavy atom. The first-order valence-electron chi connectivity index (χ1n) is 7.86. The summed E-state index contributed by atoms with van der Waals surface area (Å²) in [5.41, 5.74) is 5.85. The maximum Gasteiger partial charge on any atom is 0.0557 e. The van der Waals surface area contributed by atoms with Gasteiger partial charge in [-0.2, -0.15) is 0 Å². The summed E-state index contributed by atoms with van der Waals surface area (Å²) in [6.07, 6.45) is 11.4. The fourth-order valence-corrected chi connectivity index (χ4v) is 2.73. The molecule has 0 aliphatic carbocycles. The molecule has 0 rings (SSSR count). The SMILES string of the molecule is CCCCCCCCCCC(C(C)O)C(C)(C)N. The normalized spacial score (nSPS) is 15.7. The van der Waals surface area contributed by atoms with Gasteiger partial charge >= 0.3 is 0 Å². The van der Waals surface area contributed by atoms with Crippen LogP contribution >= 0.6 is 0 Å². The number of rotatable bonds is 11. The number of hydrogen-bond acceptors (Lipinski definition) is 2. The average Bonchev–Trinajstić information content (AvgIpc) is 2.24. The Morgan fingerprint density at radius 1 is 0.944 bits per heavy atom. The van der Waals surface area contributed by atoms with Gasteiger partial charge in [0.25, 0.3) is 0 Å². The Kier molecular flexibility index (Phi) is 9.76. The van der Waals surface area contributed by atoms with Crippen LogP contribution < -0.4 is 5.73 Å². The third-order valence-electron chi connectivity index (χ3n) is 3.91. The van der Waals surface area contributed by atoms with E-state index in [0.29, 0.717) is 0 Å². The smallest absolute Gasteiger partial charge is 0.0557 e. The van der Waals surface area contributed by atoms with Crippen LogP contribution in [-0.4, -0.2) is 16.7 Å². The molecule has 2 unspecified atom stereocenters. The summed E-state index contributed by atoms with van der Waals surface area (Å²) in [4.78, 5) is 0. The van der Waals surface area contributed by atoms with Crippen molar-refractivity contribution < 1.29 is 5.11 Å². The predicted octanol–water partition coefficient (Wildman–Crippen LogP) is 4.25. The van der Waals surface area contributed by atoms with Gasteiger partial charge in [0, 0.05) is 11.5 Å². The van der Waals surface area contributed by atoms with Crippen molar-refractivity contribution >= 4 is 0 Å². The minimum absolute atomic E-state index is 0.220. The number of hydrogen-bond donors (Lipinski definition) is 2. The van der Waals surface area contributed by atoms with Gasteiger partial charge in [-0.3, -0.25) is 0 Å². The molecule has 0 saturated carbocycles. The van der Waals surface area contributed by atoms with Crippen LogP contribution in [0.4, 0.5) is 0 Å². The fraction of sp³-hybridized carbons (Fsp3) is 1.00. The summed E-state index contributed by atoms with van der Waals surface area (Å²) in [7, 11) is 0. The second kappa shape index (κ2) is 9.80. The fourth-order valence-electron chi connectivity index (χ4n) is 2.73. The third-order valence-corrected chi connectivity index (χ3v) is 3.91. The van der Waals surface area contributed by atoms with Crippen molar-refractivity contribution in [3.63, 3.8) is 0 Å². The molecule has 0 heterocycles. The Hall–Kier alpha value is -0.0800. The van der Waals surface area contributed by atoms with E-state index in [1.165, 1.54) is 51.4 Å². The van der Waals surface area contributed by atoms with Gasteiger partial charge in [-0.1, -0.05) is 58.3 Å². The van der Waals surface area contributed by atoms with Gasteiger partial charge in [0.2, 0.25) is 0 Å². The van der Waals surface area contributed by atoms with E-state index in [1.807, 2.05) is 20.8 Å². The molecular formula is C16H35NO. The predicted molar refractivity (Wildman–Crippen MR) is 80.7 cm³/mol. The molecule has 0 saturated heterocycles. The minimum Gasteiger partial charge on any atom is -0.393 e. The number of unbranched alkanes of at least 4 members (excludes halogenated alkanes) is 7. The monoisotopic (exact) mass is 257 g/mol. The number of nitrogens with two attached hydrogens (primary N) is 1. The highest BCUT2D eigenvalue weighted by Gasteiger charge is 2.28. The van der Waals surface area contributed by atoms with Crippen LogP contribution in [0.1, 0.15) is 85.5 Å². The van der Waals surface area contributed by atoms with Crippen molar-refractivity contribution in [2.45, 2.75) is 97.1 Å². The first-order valence-corrected chi connectivity index (χ1v) is 7.86. The molecule has 0 aliphatic heterocycles. The quantitative estimate of drug-likeness (QED) is 0.543. The van der Waals surface area contributed by atoms with Crippen LogP contribution in [0.15, 0.2) is 0 Å². The summed E-state index contributed by atoms with van der Waals surface area (Å²) < 4.78 is 0. The lowest BCUT2D eigenvalue weighted by molar-refractivity contribution is 0.0771. The van der Waals surface area contributed by atoms with Crippen molar-refractivity contribution in [2.24, 2.45) is 11.7 Å². The van der Waals surface area contributed by atoms with E-state index in [2.05, 4.69) is 6.92 Å². The first kappa shape index (κ1) is 17.9. The van der Waals surface area contributed by atoms with E-state index < -0.39 is 0 Å². The summed E-state index contributed by atoms with van der Waals surface area (Å²) in [5.74, 6) is 0.220. The summed E-state index contributed by atoms with van der Waals surface area (Å²) >= 11 is 0. The van der Waals surface area contributed by atoms with E-state index in [0.717, 1.165) is 6.42 Å². The molecule has 2 atom stereocenters. The highest BCUT2D eigenvalue weighted by molar-refractivity contribution is 4.85. The van der Waals surface area contributed by atoms with Gasteiger partial charge in [0.05, 0.1) is 6.10 Å². The zero-order valence-corrected chi connectivity index (χ0v) is 13.0. The lowest BCUT2D eigenvalue weighted by Crippen LogP contribution is -2.45. The maximum atomic E-state index is 9.77. The van der Waals surface area contributed by atoms with Gasteiger partial charge in [0.15, 0.2) is 0 Å². The molecule has 2 heteroatoms. The molecule has 0 bridgehead atoms. The molecule has 18 heavy (non-hydrogen) atoms. The summed E-state index contributed by atoms with van der Waals surface area (Å²) in [6, 6.07) is 0. The lowest BCUT2D eigenvalue weighted by atomic mass is 9.81. The Balaban J connectivity index is 3.57. The molecule has 0 amide bonds. The van der Waals surface area contributed by atoms with Crippen LogP contribution in [0.25, 0.3) is 0 Å². The van der Waals surface area contributed by atoms with Gasteiger partial charge in [-0.25, -0.2) is 0 Å². The third kappa shape index (κ3) is 8.93. The lowest BCUT2D eigenvalue weighted by Gasteiger charge is -2.33. The zero-order valence-electron chi connectivity index (χ0n) is 13.0. The van der Waals surface area contributed by atoms with Crippen LogP contribution in [0, 0.1) is 5.92 Å². The largest absolute Gasteiger partial charge is 0.393 e. The van der Waals surface area contributed by atoms with Crippen molar-refractivity contribution in [1.29, 1.82) is 0 Å². The standard InChI is InChI=1S/C16H35NO/c1-5-6-7-8-9-10-11-12-13-15(14(2)18)16(3,4)17/h14-15,18H,5-13,17H2,1-4H3. The second-order valence-electron chi connectivity index (χ2n) is 6.43. The van der Waals surface area contributed by atoms with Crippen LogP contribution in [0.3, 0.4) is 0 Å². The minimum atomic E-state index is -0.297. The average molecular weight is 257 g/mol. The molecule has 0 radical (unpaired) electrons. The van der Waals surface area contributed by atoms with Crippen molar-refractivity contribution in [3.05, 3.63) is 0 Å². The Bertz CT molecular complexity index is 184. The molecule has 110 valence electrons. The molecule has 2 nitrogen and oxygen atoms in total. The first-order chi connectivity index (χ1) is 8.39. The highest BCUT2D eigenvalue weighted by atomic mass is 16.3. The Morgan fingerprint density at radius 2 is 1.39 bits per heavy atom. The zero-order chi connectivity index (χ0) is 14.0. The maximum absolute atomic E-state index is 9.77. The van der Waals surface area contributed by atoms with Crippen molar-refractivity contribution in [1.82, 2.24) is 0 Å². The van der Waals surface area contributed by atoms with E-state index in [4.69, 9.17) is 5.73 Å². The van der Waals surface area contributed by atoms with E-state index >= 15 is 0 Å². The summed E-state index contributed by atoms with van der Waals surface area (Å²) in [5, 5.41) is 9.77. The molecule has 0 aliphatic rings.